The predicted molar refractivity (Wildman–Crippen MR) is 50.9 cm³/mol. The molecule has 6 heteroatoms. The van der Waals surface area contributed by atoms with E-state index in [0.29, 0.717) is 0 Å². The number of hydrogen-bond donors (Lipinski definition) is 0. The summed E-state index contributed by atoms with van der Waals surface area (Å²) in [5, 5.41) is 0.0241. The molecule has 2 rings (SSSR count). The van der Waals surface area contributed by atoms with Crippen LogP contribution >= 0.6 is 11.6 Å². The molecule has 0 atom stereocenters. The molecule has 0 fully saturated rings. The van der Waals surface area contributed by atoms with Crippen LogP contribution in [0.3, 0.4) is 0 Å². The first kappa shape index (κ1) is 11.3. The summed E-state index contributed by atoms with van der Waals surface area (Å²) in [5.74, 6) is -0.746. The number of ether oxygens (including phenoxy) is 1. The Morgan fingerprint density at radius 3 is 2.62 bits per heavy atom. The van der Waals surface area contributed by atoms with Gasteiger partial charge in [0.1, 0.15) is 5.75 Å². The number of rotatable bonds is 0. The van der Waals surface area contributed by atoms with Crippen molar-refractivity contribution >= 4 is 17.4 Å². The topological polar surface area (TPSA) is 26.3 Å². The summed E-state index contributed by atoms with van der Waals surface area (Å²) in [4.78, 5) is 11.5. The fraction of sp³-hybridized carbons (Fsp3) is 0.300. The molecule has 16 heavy (non-hydrogen) atoms. The van der Waals surface area contributed by atoms with Gasteiger partial charge in [0.05, 0.1) is 22.8 Å². The molecule has 0 spiro atoms. The van der Waals surface area contributed by atoms with Gasteiger partial charge in [-0.15, -0.1) is 0 Å². The van der Waals surface area contributed by atoms with Crippen LogP contribution in [0.1, 0.15) is 22.3 Å². The predicted octanol–water partition coefficient (Wildman–Crippen LogP) is 3.32. The molecule has 0 aromatic heterocycles. The third-order valence-corrected chi connectivity index (χ3v) is 2.57. The van der Waals surface area contributed by atoms with Crippen molar-refractivity contribution in [1.29, 1.82) is 0 Å². The third kappa shape index (κ3) is 1.75. The maximum Gasteiger partial charge on any atom is 0.417 e. The Morgan fingerprint density at radius 2 is 2.00 bits per heavy atom. The molecule has 0 saturated heterocycles. The van der Waals surface area contributed by atoms with Crippen molar-refractivity contribution < 1.29 is 22.7 Å². The molecule has 0 bridgehead atoms. The van der Waals surface area contributed by atoms with Crippen LogP contribution in [-0.2, 0) is 6.18 Å². The van der Waals surface area contributed by atoms with Crippen molar-refractivity contribution in [3.05, 3.63) is 28.3 Å². The molecule has 2 nitrogen and oxygen atoms in total. The van der Waals surface area contributed by atoms with E-state index in [4.69, 9.17) is 16.3 Å². The van der Waals surface area contributed by atoms with Gasteiger partial charge in [0.25, 0.3) is 0 Å². The lowest BCUT2D eigenvalue weighted by Crippen LogP contribution is -2.21. The van der Waals surface area contributed by atoms with Gasteiger partial charge in [-0.25, -0.2) is 0 Å². The first-order valence-electron chi connectivity index (χ1n) is 4.47. The number of ketones is 1. The first-order valence-corrected chi connectivity index (χ1v) is 4.85. The van der Waals surface area contributed by atoms with Crippen molar-refractivity contribution in [2.75, 3.05) is 6.61 Å². The second-order valence-corrected chi connectivity index (χ2v) is 3.73. The van der Waals surface area contributed by atoms with Crippen LogP contribution in [0.2, 0.25) is 5.02 Å². The van der Waals surface area contributed by atoms with Crippen LogP contribution in [0.15, 0.2) is 12.1 Å². The van der Waals surface area contributed by atoms with Crippen molar-refractivity contribution in [1.82, 2.24) is 0 Å². The number of fused-ring (bicyclic) bond motifs is 1. The van der Waals surface area contributed by atoms with Gasteiger partial charge in [-0.1, -0.05) is 11.6 Å². The first-order chi connectivity index (χ1) is 7.41. The van der Waals surface area contributed by atoms with Crippen molar-refractivity contribution in [3.63, 3.8) is 0 Å². The summed E-state index contributed by atoms with van der Waals surface area (Å²) >= 11 is 5.68. The molecular weight excluding hydrogens is 245 g/mol. The Balaban J connectivity index is 2.69. The van der Waals surface area contributed by atoms with Crippen LogP contribution in [0.25, 0.3) is 0 Å². The Morgan fingerprint density at radius 1 is 1.31 bits per heavy atom. The Hall–Kier alpha value is -1.23. The normalized spacial score (nSPS) is 15.6. The van der Waals surface area contributed by atoms with Gasteiger partial charge >= 0.3 is 6.18 Å². The highest BCUT2D eigenvalue weighted by molar-refractivity contribution is 6.33. The lowest BCUT2D eigenvalue weighted by molar-refractivity contribution is -0.138. The van der Waals surface area contributed by atoms with Gasteiger partial charge in [0, 0.05) is 6.42 Å². The number of carbonyl (C=O) groups excluding carboxylic acids is 1. The van der Waals surface area contributed by atoms with Crippen molar-refractivity contribution in [3.8, 4) is 5.75 Å². The fourth-order valence-electron chi connectivity index (χ4n) is 1.58. The van der Waals surface area contributed by atoms with Crippen LogP contribution in [0, 0.1) is 0 Å². The van der Waals surface area contributed by atoms with Gasteiger partial charge in [-0.3, -0.25) is 4.79 Å². The SMILES string of the molecule is O=C1CCOc2c(Cl)ccc(C(F)(F)F)c21. The summed E-state index contributed by atoms with van der Waals surface area (Å²) in [6.45, 7) is 0.0624. The number of halogens is 4. The molecule has 1 aromatic rings. The minimum Gasteiger partial charge on any atom is -0.491 e. The zero-order valence-electron chi connectivity index (χ0n) is 7.90. The van der Waals surface area contributed by atoms with E-state index >= 15 is 0 Å². The summed E-state index contributed by atoms with van der Waals surface area (Å²) in [6, 6.07) is 1.88. The molecule has 0 aliphatic carbocycles. The molecule has 1 aliphatic rings. The zero-order valence-corrected chi connectivity index (χ0v) is 8.65. The number of Topliss-reactive ketones (excluding diaryl/α,β-unsaturated/α-hetero) is 1. The van der Waals surface area contributed by atoms with Gasteiger partial charge in [-0.2, -0.15) is 13.2 Å². The van der Waals surface area contributed by atoms with E-state index in [9.17, 15) is 18.0 Å². The van der Waals surface area contributed by atoms with E-state index in [2.05, 4.69) is 0 Å². The van der Waals surface area contributed by atoms with Crippen molar-refractivity contribution in [2.24, 2.45) is 0 Å². The second kappa shape index (κ2) is 3.66. The van der Waals surface area contributed by atoms with E-state index in [0.717, 1.165) is 12.1 Å². The second-order valence-electron chi connectivity index (χ2n) is 3.32. The highest BCUT2D eigenvalue weighted by Crippen LogP contribution is 2.41. The van der Waals surface area contributed by atoms with Gasteiger partial charge in [0.2, 0.25) is 0 Å². The van der Waals surface area contributed by atoms with E-state index in [1.54, 1.807) is 0 Å². The summed E-state index contributed by atoms with van der Waals surface area (Å²) in [5.41, 5.74) is -1.44. The van der Waals surface area contributed by atoms with Gasteiger partial charge < -0.3 is 4.74 Å². The average Bonchev–Trinajstić information content (AvgIpc) is 2.18. The molecule has 1 aliphatic heterocycles. The monoisotopic (exact) mass is 250 g/mol. The minimum absolute atomic E-state index is 0.0241. The summed E-state index contributed by atoms with van der Waals surface area (Å²) in [6.07, 6.45) is -4.64. The van der Waals surface area contributed by atoms with Crippen LogP contribution in [-0.4, -0.2) is 12.4 Å². The van der Waals surface area contributed by atoms with Gasteiger partial charge in [0.15, 0.2) is 5.78 Å². The Kier molecular flexibility index (Phi) is 2.58. The molecule has 0 saturated carbocycles. The number of carbonyl (C=O) groups is 1. The molecule has 0 amide bonds. The number of benzene rings is 1. The molecular formula is C10H6ClF3O2. The zero-order chi connectivity index (χ0) is 11.9. The van der Waals surface area contributed by atoms with E-state index < -0.39 is 23.1 Å². The smallest absolute Gasteiger partial charge is 0.417 e. The molecule has 1 heterocycles. The van der Waals surface area contributed by atoms with E-state index in [1.807, 2.05) is 0 Å². The molecule has 0 radical (unpaired) electrons. The molecule has 86 valence electrons. The highest BCUT2D eigenvalue weighted by atomic mass is 35.5. The standard InChI is InChI=1S/C10H6ClF3O2/c11-6-2-1-5(10(12,13)14)8-7(15)3-4-16-9(6)8/h1-2H,3-4H2. The van der Waals surface area contributed by atoms with Crippen LogP contribution in [0.5, 0.6) is 5.75 Å². The maximum atomic E-state index is 12.6. The van der Waals surface area contributed by atoms with Crippen LogP contribution in [0.4, 0.5) is 13.2 Å². The molecule has 1 aromatic carbocycles. The maximum absolute atomic E-state index is 12.6. The number of hydrogen-bond acceptors (Lipinski definition) is 2. The Labute approximate surface area is 94.0 Å². The van der Waals surface area contributed by atoms with Gasteiger partial charge in [-0.05, 0) is 12.1 Å². The van der Waals surface area contributed by atoms with Crippen molar-refractivity contribution in [2.45, 2.75) is 12.6 Å². The summed E-state index contributed by atoms with van der Waals surface area (Å²) in [7, 11) is 0. The quantitative estimate of drug-likeness (QED) is 0.706. The largest absolute Gasteiger partial charge is 0.491 e. The lowest BCUT2D eigenvalue weighted by Gasteiger charge is -2.21. The summed E-state index contributed by atoms with van der Waals surface area (Å²) < 4.78 is 42.9. The average molecular weight is 251 g/mol. The van der Waals surface area contributed by atoms with E-state index in [-0.39, 0.29) is 23.8 Å². The highest BCUT2D eigenvalue weighted by Gasteiger charge is 2.38. The molecule has 0 N–H and O–H groups in total. The fourth-order valence-corrected chi connectivity index (χ4v) is 1.79. The van der Waals surface area contributed by atoms with E-state index in [1.165, 1.54) is 0 Å². The Bertz CT molecular complexity index is 454. The third-order valence-electron chi connectivity index (χ3n) is 2.27. The number of alkyl halides is 3. The van der Waals surface area contributed by atoms with Crippen LogP contribution < -0.4 is 4.74 Å². The minimum atomic E-state index is -4.58. The molecule has 0 unspecified atom stereocenters. The lowest BCUT2D eigenvalue weighted by atomic mass is 9.98.